The Labute approximate surface area is 94.9 Å². The van der Waals surface area contributed by atoms with Crippen molar-refractivity contribution in [2.75, 3.05) is 6.54 Å². The van der Waals surface area contributed by atoms with Gasteiger partial charge in [-0.05, 0) is 19.4 Å². The first-order valence-corrected chi connectivity index (χ1v) is 4.57. The van der Waals surface area contributed by atoms with Gasteiger partial charge in [-0.25, -0.2) is 4.79 Å². The first kappa shape index (κ1) is 15.4. The third-order valence-corrected chi connectivity index (χ3v) is 1.90. The van der Waals surface area contributed by atoms with Gasteiger partial charge in [-0.15, -0.1) is 0 Å². The average Bonchev–Trinajstić information content (AvgIpc) is 2.17. The highest BCUT2D eigenvalue weighted by Crippen LogP contribution is 2.13. The molecule has 0 unspecified atom stereocenters. The maximum atomic E-state index is 10.6. The van der Waals surface area contributed by atoms with Crippen molar-refractivity contribution >= 4 is 11.9 Å². The van der Waals surface area contributed by atoms with E-state index in [2.05, 4.69) is 11.9 Å². The van der Waals surface area contributed by atoms with E-state index in [1.807, 2.05) is 0 Å². The largest absolute Gasteiger partial charge is 0.490 e. The molecular formula is C9H12F3NO4. The van der Waals surface area contributed by atoms with E-state index in [1.165, 1.54) is 0 Å². The quantitative estimate of drug-likeness (QED) is 0.609. The first-order valence-electron chi connectivity index (χ1n) is 4.57. The minimum atomic E-state index is -5.08. The van der Waals surface area contributed by atoms with E-state index in [0.717, 1.165) is 18.5 Å². The normalized spacial score (nSPS) is 20.2. The number of alkyl halides is 3. The second-order valence-electron chi connectivity index (χ2n) is 3.35. The van der Waals surface area contributed by atoms with Crippen LogP contribution >= 0.6 is 0 Å². The third-order valence-electron chi connectivity index (χ3n) is 1.90. The molecule has 0 amide bonds. The molecule has 8 heteroatoms. The number of piperidine rings is 1. The zero-order valence-electron chi connectivity index (χ0n) is 8.75. The Morgan fingerprint density at radius 2 is 1.82 bits per heavy atom. The number of carboxylic acid groups (broad SMARTS) is 2. The zero-order chi connectivity index (χ0) is 13.6. The van der Waals surface area contributed by atoms with Crippen molar-refractivity contribution in [3.05, 3.63) is 12.2 Å². The molecule has 3 N–H and O–H groups in total. The number of hydrogen-bond donors (Lipinski definition) is 3. The van der Waals surface area contributed by atoms with E-state index >= 15 is 0 Å². The SMILES string of the molecule is C=C1CCN[C@H](C(=O)O)C1.O=C(O)C(F)(F)F. The maximum absolute atomic E-state index is 10.6. The Hall–Kier alpha value is -1.57. The lowest BCUT2D eigenvalue weighted by Crippen LogP contribution is -2.40. The number of aliphatic carboxylic acids is 2. The van der Waals surface area contributed by atoms with Gasteiger partial charge in [0.1, 0.15) is 6.04 Å². The minimum absolute atomic E-state index is 0.402. The van der Waals surface area contributed by atoms with Crippen LogP contribution < -0.4 is 5.32 Å². The lowest BCUT2D eigenvalue weighted by atomic mass is 10.0. The van der Waals surface area contributed by atoms with E-state index in [1.54, 1.807) is 0 Å². The fraction of sp³-hybridized carbons (Fsp3) is 0.556. The molecule has 1 heterocycles. The van der Waals surface area contributed by atoms with Crippen LogP contribution in [0.4, 0.5) is 13.2 Å². The summed E-state index contributed by atoms with van der Waals surface area (Å²) < 4.78 is 31.7. The van der Waals surface area contributed by atoms with E-state index in [4.69, 9.17) is 15.0 Å². The summed E-state index contributed by atoms with van der Waals surface area (Å²) in [6.45, 7) is 4.49. The Morgan fingerprint density at radius 3 is 2.06 bits per heavy atom. The van der Waals surface area contributed by atoms with Crippen LogP contribution in [0.2, 0.25) is 0 Å². The summed E-state index contributed by atoms with van der Waals surface area (Å²) in [6.07, 6.45) is -3.60. The fourth-order valence-corrected chi connectivity index (χ4v) is 1.06. The predicted octanol–water partition coefficient (Wildman–Crippen LogP) is 1.01. The molecule has 1 rings (SSSR count). The van der Waals surface area contributed by atoms with Crippen molar-refractivity contribution in [1.82, 2.24) is 5.32 Å². The Morgan fingerprint density at radius 1 is 1.35 bits per heavy atom. The van der Waals surface area contributed by atoms with Gasteiger partial charge in [0, 0.05) is 0 Å². The summed E-state index contributed by atoms with van der Waals surface area (Å²) in [4.78, 5) is 19.3. The van der Waals surface area contributed by atoms with Gasteiger partial charge < -0.3 is 15.5 Å². The van der Waals surface area contributed by atoms with Crippen LogP contribution in [0.5, 0.6) is 0 Å². The molecule has 0 radical (unpaired) electrons. The molecule has 0 bridgehead atoms. The van der Waals surface area contributed by atoms with Gasteiger partial charge in [0.05, 0.1) is 0 Å². The van der Waals surface area contributed by atoms with Gasteiger partial charge in [0.2, 0.25) is 0 Å². The van der Waals surface area contributed by atoms with Gasteiger partial charge in [0.25, 0.3) is 0 Å². The summed E-state index contributed by atoms with van der Waals surface area (Å²) in [5.41, 5.74) is 1.03. The highest BCUT2D eigenvalue weighted by atomic mass is 19.4. The summed E-state index contributed by atoms with van der Waals surface area (Å²) in [5.74, 6) is -3.53. The summed E-state index contributed by atoms with van der Waals surface area (Å²) in [6, 6.07) is -0.402. The molecule has 0 aliphatic carbocycles. The van der Waals surface area contributed by atoms with Crippen LogP contribution in [0.15, 0.2) is 12.2 Å². The topological polar surface area (TPSA) is 86.6 Å². The van der Waals surface area contributed by atoms with Crippen LogP contribution in [0, 0.1) is 0 Å². The molecule has 1 fully saturated rings. The van der Waals surface area contributed by atoms with Crippen LogP contribution in [-0.2, 0) is 9.59 Å². The summed E-state index contributed by atoms with van der Waals surface area (Å²) in [7, 11) is 0. The maximum Gasteiger partial charge on any atom is 0.490 e. The molecule has 0 aromatic carbocycles. The standard InChI is InChI=1S/C7H11NO2.C2HF3O2/c1-5-2-3-8-6(4-5)7(9)10;3-2(4,5)1(6)7/h6,8H,1-4H2,(H,9,10);(H,6,7)/t6-;/m0./s1. The predicted molar refractivity (Wildman–Crippen MR) is 51.5 cm³/mol. The Bertz CT molecular complexity index is 312. The molecular weight excluding hydrogens is 243 g/mol. The van der Waals surface area contributed by atoms with Gasteiger partial charge in [0.15, 0.2) is 0 Å². The fourth-order valence-electron chi connectivity index (χ4n) is 1.06. The van der Waals surface area contributed by atoms with Crippen LogP contribution in [0.1, 0.15) is 12.8 Å². The molecule has 1 saturated heterocycles. The van der Waals surface area contributed by atoms with E-state index in [0.29, 0.717) is 6.42 Å². The smallest absolute Gasteiger partial charge is 0.480 e. The van der Waals surface area contributed by atoms with E-state index in [-0.39, 0.29) is 0 Å². The second kappa shape index (κ2) is 6.24. The van der Waals surface area contributed by atoms with Crippen molar-refractivity contribution < 1.29 is 33.0 Å². The van der Waals surface area contributed by atoms with E-state index < -0.39 is 24.2 Å². The number of rotatable bonds is 1. The van der Waals surface area contributed by atoms with Crippen molar-refractivity contribution in [3.63, 3.8) is 0 Å². The minimum Gasteiger partial charge on any atom is -0.480 e. The van der Waals surface area contributed by atoms with Gasteiger partial charge in [-0.2, -0.15) is 13.2 Å². The van der Waals surface area contributed by atoms with Crippen LogP contribution in [-0.4, -0.2) is 40.9 Å². The van der Waals surface area contributed by atoms with Crippen molar-refractivity contribution in [2.45, 2.75) is 25.1 Å². The Balaban J connectivity index is 0.000000325. The summed E-state index contributed by atoms with van der Waals surface area (Å²) in [5, 5.41) is 18.6. The van der Waals surface area contributed by atoms with Crippen molar-refractivity contribution in [2.24, 2.45) is 0 Å². The molecule has 0 spiro atoms. The molecule has 98 valence electrons. The first-order chi connectivity index (χ1) is 7.64. The Kier molecular flexibility index (Phi) is 5.66. The van der Waals surface area contributed by atoms with Gasteiger partial charge >= 0.3 is 18.1 Å². The summed E-state index contributed by atoms with van der Waals surface area (Å²) >= 11 is 0. The molecule has 1 aliphatic heterocycles. The lowest BCUT2D eigenvalue weighted by molar-refractivity contribution is -0.192. The number of halogens is 3. The highest BCUT2D eigenvalue weighted by Gasteiger charge is 2.38. The number of nitrogens with one attached hydrogen (secondary N) is 1. The molecule has 1 aliphatic rings. The molecule has 1 atom stereocenters. The average molecular weight is 255 g/mol. The molecule has 17 heavy (non-hydrogen) atoms. The van der Waals surface area contributed by atoms with Gasteiger partial charge in [-0.1, -0.05) is 12.2 Å². The van der Waals surface area contributed by atoms with Crippen molar-refractivity contribution in [1.29, 1.82) is 0 Å². The number of hydrogen-bond acceptors (Lipinski definition) is 3. The highest BCUT2D eigenvalue weighted by molar-refractivity contribution is 5.74. The van der Waals surface area contributed by atoms with Crippen LogP contribution in [0.25, 0.3) is 0 Å². The van der Waals surface area contributed by atoms with Crippen molar-refractivity contribution in [3.8, 4) is 0 Å². The monoisotopic (exact) mass is 255 g/mol. The molecule has 5 nitrogen and oxygen atoms in total. The third kappa shape index (κ3) is 6.56. The van der Waals surface area contributed by atoms with Crippen LogP contribution in [0.3, 0.4) is 0 Å². The number of carboxylic acids is 2. The molecule has 0 aromatic rings. The lowest BCUT2D eigenvalue weighted by Gasteiger charge is -2.21. The molecule has 0 saturated carbocycles. The molecule has 0 aromatic heterocycles. The zero-order valence-corrected chi connectivity index (χ0v) is 8.75. The second-order valence-corrected chi connectivity index (χ2v) is 3.35. The number of carbonyl (C=O) groups is 2. The van der Waals surface area contributed by atoms with E-state index in [9.17, 15) is 18.0 Å². The van der Waals surface area contributed by atoms with Gasteiger partial charge in [-0.3, -0.25) is 4.79 Å².